The van der Waals surface area contributed by atoms with Gasteiger partial charge >= 0.3 is 0 Å². The summed E-state index contributed by atoms with van der Waals surface area (Å²) in [5.41, 5.74) is 4.39. The first-order valence-electron chi connectivity index (χ1n) is 6.92. The molecule has 2 aromatic rings. The molecule has 0 spiro atoms. The van der Waals surface area contributed by atoms with Crippen LogP contribution in [0.15, 0.2) is 30.3 Å². The Labute approximate surface area is 114 Å². The van der Waals surface area contributed by atoms with Crippen molar-refractivity contribution in [3.8, 4) is 0 Å². The third kappa shape index (κ3) is 3.24. The SMILES string of the molecule is CCc1ccc(CC(O)c2cc(CC)nn2C)cc1. The number of aliphatic hydroxyl groups is 1. The third-order valence-electron chi connectivity index (χ3n) is 3.53. The van der Waals surface area contributed by atoms with Gasteiger partial charge in [-0.05, 0) is 30.0 Å². The Morgan fingerprint density at radius 1 is 1.11 bits per heavy atom. The van der Waals surface area contributed by atoms with Crippen molar-refractivity contribution in [2.45, 2.75) is 39.2 Å². The van der Waals surface area contributed by atoms with Crippen LogP contribution in [0.25, 0.3) is 0 Å². The van der Waals surface area contributed by atoms with Crippen molar-refractivity contribution >= 4 is 0 Å². The van der Waals surface area contributed by atoms with Gasteiger partial charge in [-0.1, -0.05) is 38.1 Å². The average Bonchev–Trinajstić information content (AvgIpc) is 2.81. The number of aryl methyl sites for hydroxylation is 3. The lowest BCUT2D eigenvalue weighted by molar-refractivity contribution is 0.168. The molecule has 0 saturated carbocycles. The van der Waals surface area contributed by atoms with Gasteiger partial charge in [-0.3, -0.25) is 4.68 Å². The van der Waals surface area contributed by atoms with Crippen LogP contribution in [0.5, 0.6) is 0 Å². The minimum absolute atomic E-state index is 0.495. The second kappa shape index (κ2) is 6.02. The molecule has 1 heterocycles. The summed E-state index contributed by atoms with van der Waals surface area (Å²) in [5.74, 6) is 0. The summed E-state index contributed by atoms with van der Waals surface area (Å²) in [7, 11) is 1.89. The van der Waals surface area contributed by atoms with Crippen LogP contribution in [-0.2, 0) is 26.3 Å². The van der Waals surface area contributed by atoms with E-state index in [1.807, 2.05) is 13.1 Å². The van der Waals surface area contributed by atoms with Crippen LogP contribution in [0.3, 0.4) is 0 Å². The Bertz CT molecular complexity index is 528. The van der Waals surface area contributed by atoms with Gasteiger partial charge in [0, 0.05) is 13.5 Å². The monoisotopic (exact) mass is 258 g/mol. The minimum atomic E-state index is -0.495. The molecule has 0 bridgehead atoms. The maximum absolute atomic E-state index is 10.3. The molecule has 1 unspecified atom stereocenters. The van der Waals surface area contributed by atoms with Gasteiger partial charge in [0.25, 0.3) is 0 Å². The molecule has 0 radical (unpaired) electrons. The number of hydrogen-bond acceptors (Lipinski definition) is 2. The van der Waals surface area contributed by atoms with Crippen molar-refractivity contribution in [1.82, 2.24) is 9.78 Å². The predicted molar refractivity (Wildman–Crippen MR) is 77.1 cm³/mol. The molecule has 102 valence electrons. The minimum Gasteiger partial charge on any atom is -0.386 e. The molecule has 0 aliphatic heterocycles. The van der Waals surface area contributed by atoms with Crippen molar-refractivity contribution in [3.05, 3.63) is 52.8 Å². The summed E-state index contributed by atoms with van der Waals surface area (Å²) in [4.78, 5) is 0. The van der Waals surface area contributed by atoms with Crippen LogP contribution >= 0.6 is 0 Å². The molecule has 0 aliphatic carbocycles. The highest BCUT2D eigenvalue weighted by Gasteiger charge is 2.14. The van der Waals surface area contributed by atoms with E-state index >= 15 is 0 Å². The molecule has 1 N–H and O–H groups in total. The van der Waals surface area contributed by atoms with Crippen molar-refractivity contribution in [3.63, 3.8) is 0 Å². The highest BCUT2D eigenvalue weighted by molar-refractivity contribution is 5.24. The van der Waals surface area contributed by atoms with Gasteiger partial charge in [-0.25, -0.2) is 0 Å². The number of hydrogen-bond donors (Lipinski definition) is 1. The molecule has 1 atom stereocenters. The number of benzene rings is 1. The Hall–Kier alpha value is -1.61. The van der Waals surface area contributed by atoms with Gasteiger partial charge < -0.3 is 5.11 Å². The normalized spacial score (nSPS) is 12.6. The molecule has 1 aromatic heterocycles. The van der Waals surface area contributed by atoms with Crippen LogP contribution in [0, 0.1) is 0 Å². The first-order valence-corrected chi connectivity index (χ1v) is 6.92. The average molecular weight is 258 g/mol. The zero-order chi connectivity index (χ0) is 13.8. The maximum atomic E-state index is 10.3. The first kappa shape index (κ1) is 13.8. The van der Waals surface area contributed by atoms with Crippen LogP contribution in [0.2, 0.25) is 0 Å². The van der Waals surface area contributed by atoms with Gasteiger partial charge in [0.1, 0.15) is 0 Å². The second-order valence-corrected chi connectivity index (χ2v) is 4.93. The lowest BCUT2D eigenvalue weighted by Crippen LogP contribution is -2.07. The Morgan fingerprint density at radius 2 is 1.74 bits per heavy atom. The fraction of sp³-hybridized carbons (Fsp3) is 0.438. The molecule has 3 nitrogen and oxygen atoms in total. The maximum Gasteiger partial charge on any atom is 0.0996 e. The van der Waals surface area contributed by atoms with Gasteiger partial charge in [0.05, 0.1) is 17.5 Å². The first-order chi connectivity index (χ1) is 9.13. The zero-order valence-electron chi connectivity index (χ0n) is 11.9. The lowest BCUT2D eigenvalue weighted by atomic mass is 10.0. The Kier molecular flexibility index (Phi) is 4.38. The fourth-order valence-electron chi connectivity index (χ4n) is 2.27. The van der Waals surface area contributed by atoms with E-state index in [1.54, 1.807) is 4.68 Å². The highest BCUT2D eigenvalue weighted by atomic mass is 16.3. The molecule has 0 fully saturated rings. The van der Waals surface area contributed by atoms with Crippen LogP contribution in [0.4, 0.5) is 0 Å². The largest absolute Gasteiger partial charge is 0.386 e. The van der Waals surface area contributed by atoms with E-state index in [4.69, 9.17) is 0 Å². The molecule has 0 amide bonds. The van der Waals surface area contributed by atoms with Gasteiger partial charge in [0.15, 0.2) is 0 Å². The van der Waals surface area contributed by atoms with E-state index in [9.17, 15) is 5.11 Å². The van der Waals surface area contributed by atoms with Gasteiger partial charge in [-0.2, -0.15) is 5.10 Å². The van der Waals surface area contributed by atoms with Crippen molar-refractivity contribution in [1.29, 1.82) is 0 Å². The number of aliphatic hydroxyl groups excluding tert-OH is 1. The molecule has 0 saturated heterocycles. The standard InChI is InChI=1S/C16H22N2O/c1-4-12-6-8-13(9-7-12)10-16(19)15-11-14(5-2)17-18(15)3/h6-9,11,16,19H,4-5,10H2,1-3H3. The van der Waals surface area contributed by atoms with Crippen molar-refractivity contribution < 1.29 is 5.11 Å². The summed E-state index contributed by atoms with van der Waals surface area (Å²) in [5, 5.41) is 14.7. The smallest absolute Gasteiger partial charge is 0.0996 e. The van der Waals surface area contributed by atoms with E-state index in [0.717, 1.165) is 29.8 Å². The Morgan fingerprint density at radius 3 is 2.26 bits per heavy atom. The molecular formula is C16H22N2O. The molecular weight excluding hydrogens is 236 g/mol. The molecule has 2 rings (SSSR count). The summed E-state index contributed by atoms with van der Waals surface area (Å²) < 4.78 is 1.78. The molecule has 19 heavy (non-hydrogen) atoms. The Balaban J connectivity index is 2.10. The molecule has 1 aromatic carbocycles. The van der Waals surface area contributed by atoms with Crippen LogP contribution in [0.1, 0.15) is 42.5 Å². The quantitative estimate of drug-likeness (QED) is 0.895. The van der Waals surface area contributed by atoms with E-state index < -0.39 is 6.10 Å². The van der Waals surface area contributed by atoms with Gasteiger partial charge in [-0.15, -0.1) is 0 Å². The van der Waals surface area contributed by atoms with Crippen molar-refractivity contribution in [2.75, 3.05) is 0 Å². The summed E-state index contributed by atoms with van der Waals surface area (Å²) >= 11 is 0. The number of rotatable bonds is 5. The van der Waals surface area contributed by atoms with Crippen LogP contribution < -0.4 is 0 Å². The van der Waals surface area contributed by atoms with E-state index in [0.29, 0.717) is 6.42 Å². The number of nitrogens with zero attached hydrogens (tertiary/aromatic N) is 2. The molecule has 0 aliphatic rings. The van der Waals surface area contributed by atoms with Crippen molar-refractivity contribution in [2.24, 2.45) is 7.05 Å². The lowest BCUT2D eigenvalue weighted by Gasteiger charge is -2.11. The summed E-state index contributed by atoms with van der Waals surface area (Å²) in [6, 6.07) is 10.4. The second-order valence-electron chi connectivity index (χ2n) is 4.93. The zero-order valence-corrected chi connectivity index (χ0v) is 11.9. The van der Waals surface area contributed by atoms with E-state index in [1.165, 1.54) is 5.56 Å². The van der Waals surface area contributed by atoms with Crippen LogP contribution in [-0.4, -0.2) is 14.9 Å². The van der Waals surface area contributed by atoms with Gasteiger partial charge in [0.2, 0.25) is 0 Å². The highest BCUT2D eigenvalue weighted by Crippen LogP contribution is 2.19. The topological polar surface area (TPSA) is 38.1 Å². The number of aromatic nitrogens is 2. The molecule has 3 heteroatoms. The summed E-state index contributed by atoms with van der Waals surface area (Å²) in [6.45, 7) is 4.22. The predicted octanol–water partition coefficient (Wildman–Crippen LogP) is 2.82. The third-order valence-corrected chi connectivity index (χ3v) is 3.53. The van der Waals surface area contributed by atoms with E-state index in [2.05, 4.69) is 43.2 Å². The summed E-state index contributed by atoms with van der Waals surface area (Å²) in [6.07, 6.45) is 2.08. The van der Waals surface area contributed by atoms with E-state index in [-0.39, 0.29) is 0 Å². The fourth-order valence-corrected chi connectivity index (χ4v) is 2.27.